The van der Waals surface area contributed by atoms with E-state index in [0.29, 0.717) is 12.1 Å². The molecular weight excluding hydrogens is 384 g/mol. The van der Waals surface area contributed by atoms with Crippen LogP contribution in [0, 0.1) is 11.3 Å². The number of hydrogen-bond acceptors (Lipinski definition) is 3. The molecule has 0 amide bonds. The van der Waals surface area contributed by atoms with Crippen molar-refractivity contribution in [2.75, 3.05) is 12.4 Å². The van der Waals surface area contributed by atoms with Crippen LogP contribution < -0.4 is 10.1 Å². The molecule has 0 saturated carbocycles. The molecule has 0 aliphatic heterocycles. The van der Waals surface area contributed by atoms with Crippen LogP contribution in [-0.4, -0.2) is 7.11 Å². The summed E-state index contributed by atoms with van der Waals surface area (Å²) in [5.74, 6) is 0.838. The highest BCUT2D eigenvalue weighted by molar-refractivity contribution is 9.10. The van der Waals surface area contributed by atoms with E-state index in [-0.39, 0.29) is 0 Å². The number of halogens is 2. The molecule has 5 heteroatoms. The fourth-order valence-corrected chi connectivity index (χ4v) is 2.73. The molecule has 102 valence electrons. The Kier molecular flexibility index (Phi) is 5.05. The molecule has 0 aliphatic rings. The maximum atomic E-state index is 8.85. The number of anilines is 1. The third kappa shape index (κ3) is 3.53. The van der Waals surface area contributed by atoms with Crippen molar-refractivity contribution in [3.05, 3.63) is 56.5 Å². The summed E-state index contributed by atoms with van der Waals surface area (Å²) in [6, 6.07) is 13.5. The minimum Gasteiger partial charge on any atom is -0.496 e. The van der Waals surface area contributed by atoms with Crippen LogP contribution >= 0.6 is 31.9 Å². The maximum Gasteiger partial charge on any atom is 0.123 e. The van der Waals surface area contributed by atoms with Crippen molar-refractivity contribution in [3.63, 3.8) is 0 Å². The summed E-state index contributed by atoms with van der Waals surface area (Å²) >= 11 is 6.91. The van der Waals surface area contributed by atoms with Crippen molar-refractivity contribution in [2.45, 2.75) is 6.54 Å². The Bertz CT molecular complexity index is 665. The lowest BCUT2D eigenvalue weighted by Crippen LogP contribution is -2.02. The molecule has 2 aromatic carbocycles. The Morgan fingerprint density at radius 1 is 1.20 bits per heavy atom. The van der Waals surface area contributed by atoms with E-state index in [1.165, 1.54) is 0 Å². The van der Waals surface area contributed by atoms with Gasteiger partial charge in [-0.25, -0.2) is 0 Å². The van der Waals surface area contributed by atoms with E-state index in [2.05, 4.69) is 43.2 Å². The normalized spacial score (nSPS) is 9.90. The Labute approximate surface area is 134 Å². The fraction of sp³-hybridized carbons (Fsp3) is 0.133. The molecule has 1 N–H and O–H groups in total. The summed E-state index contributed by atoms with van der Waals surface area (Å²) in [5, 5.41) is 12.2. The molecule has 0 radical (unpaired) electrons. The third-order valence-corrected chi connectivity index (χ3v) is 3.96. The highest BCUT2D eigenvalue weighted by Gasteiger charge is 2.06. The number of nitriles is 1. The van der Waals surface area contributed by atoms with Crippen LogP contribution in [0.4, 0.5) is 5.69 Å². The molecule has 0 unspecified atom stereocenters. The number of rotatable bonds is 4. The summed E-state index contributed by atoms with van der Waals surface area (Å²) in [5.41, 5.74) is 2.62. The van der Waals surface area contributed by atoms with Gasteiger partial charge in [-0.15, -0.1) is 0 Å². The zero-order valence-electron chi connectivity index (χ0n) is 10.8. The monoisotopic (exact) mass is 394 g/mol. The van der Waals surface area contributed by atoms with Crippen LogP contribution in [-0.2, 0) is 6.54 Å². The van der Waals surface area contributed by atoms with Gasteiger partial charge >= 0.3 is 0 Å². The summed E-state index contributed by atoms with van der Waals surface area (Å²) < 4.78 is 7.21. The summed E-state index contributed by atoms with van der Waals surface area (Å²) in [6.07, 6.45) is 0. The molecular formula is C15H12Br2N2O. The largest absolute Gasteiger partial charge is 0.496 e. The third-order valence-electron chi connectivity index (χ3n) is 2.81. The molecule has 0 atom stereocenters. The van der Waals surface area contributed by atoms with Gasteiger partial charge < -0.3 is 10.1 Å². The minimum absolute atomic E-state index is 0.627. The lowest BCUT2D eigenvalue weighted by Gasteiger charge is -2.12. The molecule has 0 fully saturated rings. The second-order valence-corrected chi connectivity index (χ2v) is 5.89. The van der Waals surface area contributed by atoms with E-state index in [1.54, 1.807) is 19.2 Å². The first-order valence-corrected chi connectivity index (χ1v) is 7.48. The number of hydrogen-bond donors (Lipinski definition) is 1. The Morgan fingerprint density at radius 3 is 2.65 bits per heavy atom. The van der Waals surface area contributed by atoms with Crippen molar-refractivity contribution >= 4 is 37.5 Å². The van der Waals surface area contributed by atoms with Crippen LogP contribution in [0.1, 0.15) is 11.1 Å². The van der Waals surface area contributed by atoms with Gasteiger partial charge in [0.25, 0.3) is 0 Å². The van der Waals surface area contributed by atoms with Gasteiger partial charge in [-0.1, -0.05) is 15.9 Å². The molecule has 0 aromatic heterocycles. The number of benzene rings is 2. The molecule has 2 rings (SSSR count). The maximum absolute atomic E-state index is 8.85. The number of methoxy groups -OCH3 is 1. The van der Waals surface area contributed by atoms with E-state index in [1.807, 2.05) is 24.3 Å². The lowest BCUT2D eigenvalue weighted by molar-refractivity contribution is 0.410. The van der Waals surface area contributed by atoms with E-state index in [0.717, 1.165) is 25.9 Å². The molecule has 0 aliphatic carbocycles. The second-order valence-electron chi connectivity index (χ2n) is 4.12. The summed E-state index contributed by atoms with van der Waals surface area (Å²) in [4.78, 5) is 0. The summed E-state index contributed by atoms with van der Waals surface area (Å²) in [7, 11) is 1.66. The van der Waals surface area contributed by atoms with E-state index in [4.69, 9.17) is 10.00 Å². The highest BCUT2D eigenvalue weighted by Crippen LogP contribution is 2.27. The lowest BCUT2D eigenvalue weighted by atomic mass is 10.2. The first-order chi connectivity index (χ1) is 9.63. The van der Waals surface area contributed by atoms with Crippen molar-refractivity contribution in [1.29, 1.82) is 5.26 Å². The van der Waals surface area contributed by atoms with Crippen molar-refractivity contribution in [3.8, 4) is 11.8 Å². The van der Waals surface area contributed by atoms with Crippen LogP contribution in [0.2, 0.25) is 0 Å². The smallest absolute Gasteiger partial charge is 0.123 e. The van der Waals surface area contributed by atoms with Crippen LogP contribution in [0.3, 0.4) is 0 Å². The minimum atomic E-state index is 0.627. The zero-order valence-corrected chi connectivity index (χ0v) is 14.0. The molecule has 2 aromatic rings. The van der Waals surface area contributed by atoms with Gasteiger partial charge in [-0.2, -0.15) is 5.26 Å². The zero-order chi connectivity index (χ0) is 14.5. The Hall–Kier alpha value is -1.51. The predicted octanol–water partition coefficient (Wildman–Crippen LogP) is 4.70. The first kappa shape index (κ1) is 14.9. The van der Waals surface area contributed by atoms with Gasteiger partial charge in [-0.05, 0) is 52.3 Å². The molecule has 0 spiro atoms. The number of nitrogens with one attached hydrogen (secondary N) is 1. The van der Waals surface area contributed by atoms with E-state index < -0.39 is 0 Å². The first-order valence-electron chi connectivity index (χ1n) is 5.90. The molecule has 0 saturated heterocycles. The van der Waals surface area contributed by atoms with Crippen molar-refractivity contribution in [1.82, 2.24) is 0 Å². The average molecular weight is 396 g/mol. The van der Waals surface area contributed by atoms with Gasteiger partial charge in [0.15, 0.2) is 0 Å². The molecule has 0 bridgehead atoms. The van der Waals surface area contributed by atoms with E-state index in [9.17, 15) is 0 Å². The Morgan fingerprint density at radius 2 is 2.00 bits per heavy atom. The Balaban J connectivity index is 2.17. The van der Waals surface area contributed by atoms with Gasteiger partial charge in [0.2, 0.25) is 0 Å². The number of ether oxygens (including phenoxy) is 1. The van der Waals surface area contributed by atoms with Crippen LogP contribution in [0.5, 0.6) is 5.75 Å². The molecule has 0 heterocycles. The second kappa shape index (κ2) is 6.78. The van der Waals surface area contributed by atoms with Crippen molar-refractivity contribution < 1.29 is 4.74 Å². The van der Waals surface area contributed by atoms with Crippen LogP contribution in [0.25, 0.3) is 0 Å². The van der Waals surface area contributed by atoms with Gasteiger partial charge in [0, 0.05) is 26.7 Å². The van der Waals surface area contributed by atoms with Crippen molar-refractivity contribution in [2.24, 2.45) is 0 Å². The topological polar surface area (TPSA) is 45.0 Å². The SMILES string of the molecule is COc1ccc(Br)cc1CNc1ccc(C#N)cc1Br. The van der Waals surface area contributed by atoms with E-state index >= 15 is 0 Å². The predicted molar refractivity (Wildman–Crippen MR) is 86.9 cm³/mol. The highest BCUT2D eigenvalue weighted by atomic mass is 79.9. The molecule has 20 heavy (non-hydrogen) atoms. The fourth-order valence-electron chi connectivity index (χ4n) is 1.80. The van der Waals surface area contributed by atoms with Gasteiger partial charge in [-0.3, -0.25) is 0 Å². The molecule has 3 nitrogen and oxygen atoms in total. The van der Waals surface area contributed by atoms with Gasteiger partial charge in [0.05, 0.1) is 18.7 Å². The number of nitrogens with zero attached hydrogens (tertiary/aromatic N) is 1. The summed E-state index contributed by atoms with van der Waals surface area (Å²) in [6.45, 7) is 0.632. The quantitative estimate of drug-likeness (QED) is 0.815. The van der Waals surface area contributed by atoms with Crippen LogP contribution in [0.15, 0.2) is 45.3 Å². The van der Waals surface area contributed by atoms with Gasteiger partial charge in [0.1, 0.15) is 5.75 Å². The standard InChI is InChI=1S/C15H12Br2N2O/c1-20-15-5-3-12(16)7-11(15)9-19-14-4-2-10(8-18)6-13(14)17/h2-7,19H,9H2,1H3. The average Bonchev–Trinajstić information content (AvgIpc) is 2.46.